The van der Waals surface area contributed by atoms with E-state index in [-0.39, 0.29) is 0 Å². The molecule has 0 saturated carbocycles. The van der Waals surface area contributed by atoms with E-state index >= 15 is 0 Å². The predicted molar refractivity (Wildman–Crippen MR) is 47.5 cm³/mol. The molecule has 1 rings (SSSR count). The fourth-order valence-corrected chi connectivity index (χ4v) is 1.41. The van der Waals surface area contributed by atoms with Crippen molar-refractivity contribution in [2.45, 2.75) is 12.5 Å². The maximum absolute atomic E-state index is 12.4. The third-order valence-corrected chi connectivity index (χ3v) is 2.37. The van der Waals surface area contributed by atoms with E-state index in [9.17, 15) is 26.3 Å². The van der Waals surface area contributed by atoms with Crippen LogP contribution in [0.1, 0.15) is 5.56 Å². The molecule has 0 unspecified atom stereocenters. The number of hydrogen-bond acceptors (Lipinski definition) is 2. The molecule has 0 amide bonds. The first-order valence-corrected chi connectivity index (χ1v) is 4.66. The van der Waals surface area contributed by atoms with Crippen molar-refractivity contribution in [2.75, 3.05) is 0 Å². The summed E-state index contributed by atoms with van der Waals surface area (Å²) < 4.78 is 75.4. The highest BCUT2D eigenvalue weighted by Crippen LogP contribution is 2.45. The van der Waals surface area contributed by atoms with E-state index in [1.54, 1.807) is 0 Å². The average Bonchev–Trinajstić information content (AvgIpc) is 2.08. The van der Waals surface area contributed by atoms with E-state index < -0.39 is 34.1 Å². The summed E-state index contributed by atoms with van der Waals surface area (Å²) in [6.07, 6.45) is -10.3. The Balaban J connectivity index is 3.37. The molecule has 0 radical (unpaired) electrons. The van der Waals surface area contributed by atoms with Gasteiger partial charge in [0.15, 0.2) is 5.75 Å². The lowest BCUT2D eigenvalue weighted by molar-refractivity contribution is -0.276. The third kappa shape index (κ3) is 3.42. The van der Waals surface area contributed by atoms with Crippen LogP contribution in [-0.2, 0) is 6.18 Å². The van der Waals surface area contributed by atoms with Crippen molar-refractivity contribution in [3.63, 3.8) is 0 Å². The van der Waals surface area contributed by atoms with Gasteiger partial charge in [-0.15, -0.1) is 13.2 Å². The van der Waals surface area contributed by atoms with E-state index in [0.717, 1.165) is 0 Å². The quantitative estimate of drug-likeness (QED) is 0.789. The molecule has 0 aliphatic carbocycles. The van der Waals surface area contributed by atoms with Gasteiger partial charge >= 0.3 is 12.5 Å². The van der Waals surface area contributed by atoms with Crippen molar-refractivity contribution in [3.8, 4) is 11.5 Å². The molecular weight excluding hydrogens is 322 g/mol. The summed E-state index contributed by atoms with van der Waals surface area (Å²) in [6.45, 7) is 0. The maximum Gasteiger partial charge on any atom is 0.573 e. The number of rotatable bonds is 1. The minimum atomic E-state index is -5.30. The van der Waals surface area contributed by atoms with Gasteiger partial charge in [0.25, 0.3) is 0 Å². The Labute approximate surface area is 98.9 Å². The molecule has 0 saturated heterocycles. The standard InChI is InChI=1S/C8H3BrF6O2/c9-5-4(16)2-1-3(7(10,11)12)6(5)17-8(13,14)15/h1-2,16H. The Morgan fingerprint density at radius 1 is 1.06 bits per heavy atom. The first-order valence-electron chi connectivity index (χ1n) is 3.87. The van der Waals surface area contributed by atoms with Crippen LogP contribution in [0.15, 0.2) is 16.6 Å². The van der Waals surface area contributed by atoms with Crippen molar-refractivity contribution in [3.05, 3.63) is 22.2 Å². The van der Waals surface area contributed by atoms with Crippen LogP contribution in [0, 0.1) is 0 Å². The van der Waals surface area contributed by atoms with E-state index in [1.807, 2.05) is 0 Å². The normalized spacial score (nSPS) is 12.6. The van der Waals surface area contributed by atoms with Gasteiger partial charge in [0, 0.05) is 0 Å². The Morgan fingerprint density at radius 3 is 2.00 bits per heavy atom. The predicted octanol–water partition coefficient (Wildman–Crippen LogP) is 4.07. The zero-order valence-corrected chi connectivity index (χ0v) is 9.24. The SMILES string of the molecule is Oc1ccc(C(F)(F)F)c(OC(F)(F)F)c1Br. The molecule has 0 aliphatic heterocycles. The fraction of sp³-hybridized carbons (Fsp3) is 0.250. The summed E-state index contributed by atoms with van der Waals surface area (Å²) in [5, 5.41) is 9.03. The molecule has 0 heterocycles. The molecule has 9 heteroatoms. The van der Waals surface area contributed by atoms with E-state index in [4.69, 9.17) is 5.11 Å². The zero-order chi connectivity index (χ0) is 13.4. The number of alkyl halides is 6. The average molecular weight is 325 g/mol. The molecule has 0 spiro atoms. The summed E-state index contributed by atoms with van der Waals surface area (Å²) in [4.78, 5) is 0. The zero-order valence-electron chi connectivity index (χ0n) is 7.66. The van der Waals surface area contributed by atoms with Crippen molar-refractivity contribution in [2.24, 2.45) is 0 Å². The third-order valence-electron chi connectivity index (χ3n) is 1.60. The number of hydrogen-bond donors (Lipinski definition) is 1. The second kappa shape index (κ2) is 4.28. The van der Waals surface area contributed by atoms with Crippen LogP contribution in [0.3, 0.4) is 0 Å². The maximum atomic E-state index is 12.4. The lowest BCUT2D eigenvalue weighted by Gasteiger charge is -2.17. The van der Waals surface area contributed by atoms with Gasteiger partial charge in [0.05, 0.1) is 5.56 Å². The summed E-state index contributed by atoms with van der Waals surface area (Å²) in [6, 6.07) is 0.900. The van der Waals surface area contributed by atoms with Crippen molar-refractivity contribution >= 4 is 15.9 Å². The summed E-state index contributed by atoms with van der Waals surface area (Å²) in [5.41, 5.74) is -1.64. The topological polar surface area (TPSA) is 29.5 Å². The minimum Gasteiger partial charge on any atom is -0.507 e. The fourth-order valence-electron chi connectivity index (χ4n) is 0.984. The molecular formula is C8H3BrF6O2. The molecule has 2 nitrogen and oxygen atoms in total. The molecule has 0 bridgehead atoms. The first-order chi connectivity index (χ1) is 7.52. The van der Waals surface area contributed by atoms with Gasteiger partial charge in [-0.3, -0.25) is 0 Å². The van der Waals surface area contributed by atoms with Gasteiger partial charge in [0.2, 0.25) is 0 Å². The Hall–Kier alpha value is -1.12. The lowest BCUT2D eigenvalue weighted by Crippen LogP contribution is -2.20. The van der Waals surface area contributed by atoms with Crippen molar-refractivity contribution in [1.29, 1.82) is 0 Å². The van der Waals surface area contributed by atoms with Gasteiger partial charge in [-0.05, 0) is 28.1 Å². The molecule has 17 heavy (non-hydrogen) atoms. The van der Waals surface area contributed by atoms with Crippen LogP contribution in [0.2, 0.25) is 0 Å². The first kappa shape index (κ1) is 13.9. The van der Waals surface area contributed by atoms with Gasteiger partial charge < -0.3 is 9.84 Å². The Morgan fingerprint density at radius 2 is 1.59 bits per heavy atom. The number of benzene rings is 1. The molecule has 1 N–H and O–H groups in total. The van der Waals surface area contributed by atoms with Crippen molar-refractivity contribution in [1.82, 2.24) is 0 Å². The molecule has 0 atom stereocenters. The monoisotopic (exact) mass is 324 g/mol. The highest BCUT2D eigenvalue weighted by atomic mass is 79.9. The van der Waals surface area contributed by atoms with Crippen LogP contribution in [0.5, 0.6) is 11.5 Å². The molecule has 96 valence electrons. The molecule has 0 fully saturated rings. The largest absolute Gasteiger partial charge is 0.573 e. The minimum absolute atomic E-state index is 0.293. The van der Waals surface area contributed by atoms with Crippen LogP contribution in [0.4, 0.5) is 26.3 Å². The molecule has 0 aliphatic rings. The van der Waals surface area contributed by atoms with E-state index in [2.05, 4.69) is 20.7 Å². The molecule has 1 aromatic carbocycles. The van der Waals surface area contributed by atoms with Gasteiger partial charge in [-0.25, -0.2) is 0 Å². The second-order valence-electron chi connectivity index (χ2n) is 2.82. The number of aromatic hydroxyl groups is 1. The van der Waals surface area contributed by atoms with Crippen molar-refractivity contribution < 1.29 is 36.2 Å². The number of ether oxygens (including phenoxy) is 1. The lowest BCUT2D eigenvalue weighted by atomic mass is 10.2. The van der Waals surface area contributed by atoms with E-state index in [0.29, 0.717) is 12.1 Å². The smallest absolute Gasteiger partial charge is 0.507 e. The highest BCUT2D eigenvalue weighted by molar-refractivity contribution is 9.10. The van der Waals surface area contributed by atoms with Crippen LogP contribution < -0.4 is 4.74 Å². The number of phenols is 1. The van der Waals surface area contributed by atoms with Gasteiger partial charge in [0.1, 0.15) is 10.2 Å². The number of phenolic OH excluding ortho intramolecular Hbond substituents is 1. The van der Waals surface area contributed by atoms with Gasteiger partial charge in [-0.2, -0.15) is 13.2 Å². The Kier molecular flexibility index (Phi) is 3.51. The Bertz CT molecular complexity index is 425. The highest BCUT2D eigenvalue weighted by Gasteiger charge is 2.41. The summed E-state index contributed by atoms with van der Waals surface area (Å²) in [5.74, 6) is -2.32. The summed E-state index contributed by atoms with van der Waals surface area (Å²) in [7, 11) is 0. The van der Waals surface area contributed by atoms with Crippen LogP contribution in [0.25, 0.3) is 0 Å². The molecule has 1 aromatic rings. The summed E-state index contributed by atoms with van der Waals surface area (Å²) >= 11 is 2.40. The van der Waals surface area contributed by atoms with E-state index in [1.165, 1.54) is 0 Å². The molecule has 0 aromatic heterocycles. The van der Waals surface area contributed by atoms with Crippen LogP contribution >= 0.6 is 15.9 Å². The van der Waals surface area contributed by atoms with Gasteiger partial charge in [-0.1, -0.05) is 0 Å². The second-order valence-corrected chi connectivity index (χ2v) is 3.61. The van der Waals surface area contributed by atoms with Crippen LogP contribution in [-0.4, -0.2) is 11.5 Å². The number of halogens is 7.